The molecule has 0 saturated heterocycles. The van der Waals surface area contributed by atoms with E-state index < -0.39 is 0 Å². The molecule has 3 unspecified atom stereocenters. The number of nitrogens with one attached hydrogen (secondary N) is 1. The third-order valence-corrected chi connectivity index (χ3v) is 4.07. The van der Waals surface area contributed by atoms with Gasteiger partial charge >= 0.3 is 0 Å². The fourth-order valence-corrected chi connectivity index (χ4v) is 2.91. The van der Waals surface area contributed by atoms with Gasteiger partial charge in [0.2, 0.25) is 5.91 Å². The Labute approximate surface area is 110 Å². The Balaban J connectivity index is 0.00000144. The second kappa shape index (κ2) is 6.60. The number of halogens is 1. The zero-order valence-corrected chi connectivity index (χ0v) is 11.5. The van der Waals surface area contributed by atoms with E-state index in [1.165, 1.54) is 32.1 Å². The van der Waals surface area contributed by atoms with Crippen LogP contribution in [0.25, 0.3) is 0 Å². The third-order valence-electron chi connectivity index (χ3n) is 4.07. The van der Waals surface area contributed by atoms with Crippen molar-refractivity contribution in [3.05, 3.63) is 0 Å². The van der Waals surface area contributed by atoms with Crippen LogP contribution in [0, 0.1) is 17.8 Å². The first kappa shape index (κ1) is 14.8. The summed E-state index contributed by atoms with van der Waals surface area (Å²) in [6, 6.07) is 0.242. The smallest absolute Gasteiger partial charge is 0.220 e. The predicted octanol–water partition coefficient (Wildman–Crippen LogP) is 2.09. The molecule has 0 aromatic carbocycles. The zero-order chi connectivity index (χ0) is 11.5. The molecule has 0 radical (unpaired) electrons. The Morgan fingerprint density at radius 1 is 1.35 bits per heavy atom. The van der Waals surface area contributed by atoms with Gasteiger partial charge in [0.25, 0.3) is 0 Å². The molecule has 2 rings (SSSR count). The van der Waals surface area contributed by atoms with E-state index >= 15 is 0 Å². The molecular weight excluding hydrogens is 236 g/mol. The summed E-state index contributed by atoms with van der Waals surface area (Å²) < 4.78 is 0. The minimum absolute atomic E-state index is 0. The standard InChI is InChI=1S/C13H24N2O.ClH/c1-9-2-3-10(6-9)7-13(16)15-12(8-14)11-4-5-11;/h9-12H,2-8,14H2,1H3,(H,15,16);1H. The van der Waals surface area contributed by atoms with Crippen LogP contribution in [-0.2, 0) is 4.79 Å². The Morgan fingerprint density at radius 3 is 2.53 bits per heavy atom. The van der Waals surface area contributed by atoms with Crippen LogP contribution in [0.1, 0.15) is 45.4 Å². The molecule has 0 bridgehead atoms. The van der Waals surface area contributed by atoms with E-state index in [9.17, 15) is 4.79 Å². The summed E-state index contributed by atoms with van der Waals surface area (Å²) in [6.45, 7) is 2.88. The van der Waals surface area contributed by atoms with Crippen molar-refractivity contribution in [2.45, 2.75) is 51.5 Å². The lowest BCUT2D eigenvalue weighted by Crippen LogP contribution is -2.42. The van der Waals surface area contributed by atoms with Crippen LogP contribution in [-0.4, -0.2) is 18.5 Å². The predicted molar refractivity (Wildman–Crippen MR) is 72.1 cm³/mol. The summed E-state index contributed by atoms with van der Waals surface area (Å²) in [7, 11) is 0. The molecule has 0 aromatic heterocycles. The van der Waals surface area contributed by atoms with Gasteiger partial charge in [0.15, 0.2) is 0 Å². The first-order chi connectivity index (χ1) is 7.69. The second-order valence-corrected chi connectivity index (χ2v) is 5.74. The molecule has 100 valence electrons. The summed E-state index contributed by atoms with van der Waals surface area (Å²) in [5.74, 6) is 2.32. The van der Waals surface area contributed by atoms with Crippen LogP contribution < -0.4 is 11.1 Å². The van der Waals surface area contributed by atoms with Crippen LogP contribution in [0.15, 0.2) is 0 Å². The first-order valence-corrected chi connectivity index (χ1v) is 6.68. The van der Waals surface area contributed by atoms with Crippen molar-refractivity contribution in [2.24, 2.45) is 23.5 Å². The lowest BCUT2D eigenvalue weighted by Gasteiger charge is -2.17. The van der Waals surface area contributed by atoms with Gasteiger partial charge in [-0.25, -0.2) is 0 Å². The summed E-state index contributed by atoms with van der Waals surface area (Å²) in [6.07, 6.45) is 6.94. The normalized spacial score (nSPS) is 29.5. The second-order valence-electron chi connectivity index (χ2n) is 5.74. The zero-order valence-electron chi connectivity index (χ0n) is 10.7. The molecular formula is C13H25ClN2O. The van der Waals surface area contributed by atoms with Gasteiger partial charge in [-0.3, -0.25) is 4.79 Å². The van der Waals surface area contributed by atoms with Crippen molar-refractivity contribution >= 4 is 18.3 Å². The minimum Gasteiger partial charge on any atom is -0.352 e. The minimum atomic E-state index is 0. The van der Waals surface area contributed by atoms with Gasteiger partial charge in [0.1, 0.15) is 0 Å². The number of hydrogen-bond acceptors (Lipinski definition) is 2. The van der Waals surface area contributed by atoms with E-state index in [0.717, 1.165) is 5.92 Å². The van der Waals surface area contributed by atoms with Gasteiger partial charge in [-0.15, -0.1) is 12.4 Å². The molecule has 3 atom stereocenters. The Bertz CT molecular complexity index is 256. The summed E-state index contributed by atoms with van der Waals surface area (Å²) in [5.41, 5.74) is 5.68. The average Bonchev–Trinajstić information content (AvgIpc) is 3.00. The molecule has 3 N–H and O–H groups in total. The maximum Gasteiger partial charge on any atom is 0.220 e. The van der Waals surface area contributed by atoms with Crippen molar-refractivity contribution in [1.29, 1.82) is 0 Å². The molecule has 4 heteroatoms. The fraction of sp³-hybridized carbons (Fsp3) is 0.923. The van der Waals surface area contributed by atoms with Gasteiger partial charge in [-0.2, -0.15) is 0 Å². The Hall–Kier alpha value is -0.280. The van der Waals surface area contributed by atoms with E-state index in [2.05, 4.69) is 12.2 Å². The van der Waals surface area contributed by atoms with E-state index in [1.807, 2.05) is 0 Å². The van der Waals surface area contributed by atoms with Gasteiger partial charge in [-0.1, -0.05) is 13.3 Å². The van der Waals surface area contributed by atoms with Crippen molar-refractivity contribution in [3.63, 3.8) is 0 Å². The highest BCUT2D eigenvalue weighted by atomic mass is 35.5. The number of rotatable bonds is 5. The van der Waals surface area contributed by atoms with Crippen LogP contribution >= 0.6 is 12.4 Å². The van der Waals surface area contributed by atoms with E-state index in [-0.39, 0.29) is 24.4 Å². The molecule has 2 aliphatic carbocycles. The van der Waals surface area contributed by atoms with Crippen LogP contribution in [0.3, 0.4) is 0 Å². The monoisotopic (exact) mass is 260 g/mol. The lowest BCUT2D eigenvalue weighted by atomic mass is 10.0. The third kappa shape index (κ3) is 4.47. The van der Waals surface area contributed by atoms with E-state index in [4.69, 9.17) is 5.73 Å². The maximum atomic E-state index is 11.8. The van der Waals surface area contributed by atoms with Gasteiger partial charge in [-0.05, 0) is 43.4 Å². The largest absolute Gasteiger partial charge is 0.352 e. The molecule has 1 amide bonds. The molecule has 2 aliphatic rings. The molecule has 0 aliphatic heterocycles. The topological polar surface area (TPSA) is 55.1 Å². The number of amides is 1. The highest BCUT2D eigenvalue weighted by molar-refractivity contribution is 5.85. The molecule has 2 fully saturated rings. The fourth-order valence-electron chi connectivity index (χ4n) is 2.91. The van der Waals surface area contributed by atoms with E-state index in [1.54, 1.807) is 0 Å². The SMILES string of the molecule is CC1CCC(CC(=O)NC(CN)C2CC2)C1.Cl. The number of carbonyl (C=O) groups is 1. The van der Waals surface area contributed by atoms with Crippen molar-refractivity contribution < 1.29 is 4.79 Å². The molecule has 2 saturated carbocycles. The summed E-state index contributed by atoms with van der Waals surface area (Å²) >= 11 is 0. The Kier molecular flexibility index (Phi) is 5.74. The quantitative estimate of drug-likeness (QED) is 0.795. The van der Waals surface area contributed by atoms with Crippen molar-refractivity contribution in [3.8, 4) is 0 Å². The molecule has 3 nitrogen and oxygen atoms in total. The Morgan fingerprint density at radius 2 is 2.06 bits per heavy atom. The molecule has 0 spiro atoms. The maximum absolute atomic E-state index is 11.8. The molecule has 0 aromatic rings. The molecule has 17 heavy (non-hydrogen) atoms. The highest BCUT2D eigenvalue weighted by Crippen LogP contribution is 2.34. The average molecular weight is 261 g/mol. The first-order valence-electron chi connectivity index (χ1n) is 6.68. The molecule has 0 heterocycles. The summed E-state index contributed by atoms with van der Waals surface area (Å²) in [5, 5.41) is 3.11. The number of carbonyl (C=O) groups excluding carboxylic acids is 1. The van der Waals surface area contributed by atoms with Gasteiger partial charge < -0.3 is 11.1 Å². The number of nitrogens with two attached hydrogens (primary N) is 1. The number of hydrogen-bond donors (Lipinski definition) is 2. The lowest BCUT2D eigenvalue weighted by molar-refractivity contribution is -0.122. The van der Waals surface area contributed by atoms with Gasteiger partial charge in [0, 0.05) is 19.0 Å². The highest BCUT2D eigenvalue weighted by Gasteiger charge is 2.32. The van der Waals surface area contributed by atoms with Crippen molar-refractivity contribution in [1.82, 2.24) is 5.32 Å². The van der Waals surface area contributed by atoms with Gasteiger partial charge in [0.05, 0.1) is 0 Å². The van der Waals surface area contributed by atoms with E-state index in [0.29, 0.717) is 24.8 Å². The van der Waals surface area contributed by atoms with Crippen LogP contribution in [0.2, 0.25) is 0 Å². The van der Waals surface area contributed by atoms with Crippen LogP contribution in [0.5, 0.6) is 0 Å². The van der Waals surface area contributed by atoms with Crippen LogP contribution in [0.4, 0.5) is 0 Å². The summed E-state index contributed by atoms with van der Waals surface area (Å²) in [4.78, 5) is 11.8. The van der Waals surface area contributed by atoms with Crippen molar-refractivity contribution in [2.75, 3.05) is 6.54 Å².